The number of ether oxygens (including phenoxy) is 1. The summed E-state index contributed by atoms with van der Waals surface area (Å²) >= 11 is 5.11. The minimum atomic E-state index is -0.455. The molecule has 0 aromatic carbocycles. The Labute approximate surface area is 96.0 Å². The number of thiocarbonyl (C=S) groups is 1. The second kappa shape index (κ2) is 4.35. The summed E-state index contributed by atoms with van der Waals surface area (Å²) in [7, 11) is 0. The minimum Gasteiger partial charge on any atom is -0.444 e. The van der Waals surface area contributed by atoms with Crippen molar-refractivity contribution in [3.63, 3.8) is 0 Å². The highest BCUT2D eigenvalue weighted by Crippen LogP contribution is 2.13. The van der Waals surface area contributed by atoms with Gasteiger partial charge in [-0.15, -0.1) is 0 Å². The lowest BCUT2D eigenvalue weighted by Gasteiger charge is -2.35. The highest BCUT2D eigenvalue weighted by molar-refractivity contribution is 7.80. The molecule has 0 saturated carbocycles. The molecule has 1 heterocycles. The first-order valence-corrected chi connectivity index (χ1v) is 5.49. The fraction of sp³-hybridized carbons (Fsp3) is 0.800. The van der Waals surface area contributed by atoms with Gasteiger partial charge in [0.05, 0.1) is 11.0 Å². The molecule has 15 heavy (non-hydrogen) atoms. The van der Waals surface area contributed by atoms with Crippen LogP contribution in [0.25, 0.3) is 0 Å². The standard InChI is InChI=1S/C10H18N2O2S/c1-7-8(15)11-5-6-12(7)9(13)14-10(2,3)4/h7H,5-6H2,1-4H3,(H,11,15). The van der Waals surface area contributed by atoms with E-state index in [1.54, 1.807) is 4.90 Å². The fourth-order valence-corrected chi connectivity index (χ4v) is 1.58. The summed E-state index contributed by atoms with van der Waals surface area (Å²) in [5.74, 6) is 0. The third-order valence-electron chi connectivity index (χ3n) is 2.13. The van der Waals surface area contributed by atoms with Crippen molar-refractivity contribution in [3.05, 3.63) is 0 Å². The molecule has 1 unspecified atom stereocenters. The summed E-state index contributed by atoms with van der Waals surface area (Å²) < 4.78 is 5.30. The van der Waals surface area contributed by atoms with Crippen LogP contribution in [0, 0.1) is 0 Å². The molecule has 0 spiro atoms. The van der Waals surface area contributed by atoms with E-state index in [4.69, 9.17) is 17.0 Å². The monoisotopic (exact) mass is 230 g/mol. The van der Waals surface area contributed by atoms with Crippen LogP contribution in [-0.2, 0) is 4.74 Å². The molecule has 1 N–H and O–H groups in total. The van der Waals surface area contributed by atoms with E-state index in [1.807, 2.05) is 27.7 Å². The lowest BCUT2D eigenvalue weighted by atomic mass is 10.2. The minimum absolute atomic E-state index is 0.0800. The van der Waals surface area contributed by atoms with Gasteiger partial charge >= 0.3 is 6.09 Å². The van der Waals surface area contributed by atoms with E-state index in [-0.39, 0.29) is 12.1 Å². The lowest BCUT2D eigenvalue weighted by Crippen LogP contribution is -2.56. The second-order valence-corrected chi connectivity index (χ2v) is 5.08. The molecule has 0 radical (unpaired) electrons. The van der Waals surface area contributed by atoms with Crippen LogP contribution >= 0.6 is 12.2 Å². The number of hydrogen-bond donors (Lipinski definition) is 1. The third kappa shape index (κ3) is 3.34. The summed E-state index contributed by atoms with van der Waals surface area (Å²) in [5.41, 5.74) is -0.455. The van der Waals surface area contributed by atoms with E-state index in [2.05, 4.69) is 5.32 Å². The van der Waals surface area contributed by atoms with E-state index in [1.165, 1.54) is 0 Å². The largest absolute Gasteiger partial charge is 0.444 e. The molecule has 0 aliphatic carbocycles. The predicted molar refractivity (Wildman–Crippen MR) is 63.0 cm³/mol. The summed E-state index contributed by atoms with van der Waals surface area (Å²) in [4.78, 5) is 14.1. The first kappa shape index (κ1) is 12.2. The van der Waals surface area contributed by atoms with Gasteiger partial charge in [-0.25, -0.2) is 4.79 Å². The van der Waals surface area contributed by atoms with Crippen molar-refractivity contribution in [2.24, 2.45) is 0 Å². The number of carbonyl (C=O) groups excluding carboxylic acids is 1. The van der Waals surface area contributed by atoms with E-state index < -0.39 is 5.60 Å². The Morgan fingerprint density at radius 1 is 1.60 bits per heavy atom. The maximum absolute atomic E-state index is 11.8. The van der Waals surface area contributed by atoms with Crippen molar-refractivity contribution < 1.29 is 9.53 Å². The van der Waals surface area contributed by atoms with E-state index in [0.29, 0.717) is 18.1 Å². The average Bonchev–Trinajstić information content (AvgIpc) is 2.06. The Morgan fingerprint density at radius 2 is 2.20 bits per heavy atom. The van der Waals surface area contributed by atoms with Gasteiger partial charge in [0, 0.05) is 13.1 Å². The number of nitrogens with one attached hydrogen (secondary N) is 1. The first-order chi connectivity index (χ1) is 6.81. The maximum Gasteiger partial charge on any atom is 0.410 e. The van der Waals surface area contributed by atoms with Gasteiger partial charge in [-0.3, -0.25) is 4.90 Å². The molecule has 1 rings (SSSR count). The predicted octanol–water partition coefficient (Wildman–Crippen LogP) is 1.54. The van der Waals surface area contributed by atoms with Crippen LogP contribution < -0.4 is 5.32 Å². The Balaban J connectivity index is 2.63. The van der Waals surface area contributed by atoms with Crippen molar-refractivity contribution in [1.29, 1.82) is 0 Å². The Kier molecular flexibility index (Phi) is 3.54. The molecule has 1 aliphatic heterocycles. The quantitative estimate of drug-likeness (QED) is 0.641. The van der Waals surface area contributed by atoms with Crippen molar-refractivity contribution in [1.82, 2.24) is 10.2 Å². The van der Waals surface area contributed by atoms with Crippen molar-refractivity contribution >= 4 is 23.3 Å². The van der Waals surface area contributed by atoms with Gasteiger partial charge in [-0.2, -0.15) is 0 Å². The van der Waals surface area contributed by atoms with Crippen molar-refractivity contribution in [2.75, 3.05) is 13.1 Å². The van der Waals surface area contributed by atoms with E-state index >= 15 is 0 Å². The van der Waals surface area contributed by atoms with Crippen LogP contribution in [0.5, 0.6) is 0 Å². The smallest absolute Gasteiger partial charge is 0.410 e. The summed E-state index contributed by atoms with van der Waals surface area (Å²) in [6, 6.07) is -0.0800. The van der Waals surface area contributed by atoms with E-state index in [0.717, 1.165) is 0 Å². The van der Waals surface area contributed by atoms with Gasteiger partial charge in [-0.05, 0) is 27.7 Å². The molecule has 1 saturated heterocycles. The Morgan fingerprint density at radius 3 is 2.73 bits per heavy atom. The number of carbonyl (C=O) groups is 1. The number of amides is 1. The molecule has 0 aromatic rings. The van der Waals surface area contributed by atoms with Crippen LogP contribution in [0.2, 0.25) is 0 Å². The summed E-state index contributed by atoms with van der Waals surface area (Å²) in [6.07, 6.45) is -0.293. The van der Waals surface area contributed by atoms with Gasteiger partial charge in [0.2, 0.25) is 0 Å². The van der Waals surface area contributed by atoms with Crippen LogP contribution in [0.1, 0.15) is 27.7 Å². The molecule has 1 amide bonds. The highest BCUT2D eigenvalue weighted by atomic mass is 32.1. The zero-order valence-electron chi connectivity index (χ0n) is 9.66. The Bertz CT molecular complexity index is 273. The molecule has 1 fully saturated rings. The van der Waals surface area contributed by atoms with Crippen LogP contribution in [0.3, 0.4) is 0 Å². The van der Waals surface area contributed by atoms with Crippen LogP contribution in [-0.4, -0.2) is 40.7 Å². The highest BCUT2D eigenvalue weighted by Gasteiger charge is 2.30. The Hall–Kier alpha value is -0.840. The molecule has 0 bridgehead atoms. The molecule has 86 valence electrons. The van der Waals surface area contributed by atoms with E-state index in [9.17, 15) is 4.79 Å². The van der Waals surface area contributed by atoms with Gasteiger partial charge < -0.3 is 10.1 Å². The fourth-order valence-electron chi connectivity index (χ4n) is 1.35. The normalized spacial score (nSPS) is 22.3. The molecule has 0 aromatic heterocycles. The molecule has 1 aliphatic rings. The maximum atomic E-state index is 11.8. The summed E-state index contributed by atoms with van der Waals surface area (Å²) in [6.45, 7) is 8.80. The number of rotatable bonds is 0. The first-order valence-electron chi connectivity index (χ1n) is 5.08. The number of hydrogen-bond acceptors (Lipinski definition) is 3. The van der Waals surface area contributed by atoms with Gasteiger partial charge in [0.15, 0.2) is 0 Å². The van der Waals surface area contributed by atoms with Crippen LogP contribution in [0.4, 0.5) is 4.79 Å². The van der Waals surface area contributed by atoms with Crippen LogP contribution in [0.15, 0.2) is 0 Å². The third-order valence-corrected chi connectivity index (χ3v) is 2.61. The zero-order chi connectivity index (χ0) is 11.6. The average molecular weight is 230 g/mol. The van der Waals surface area contributed by atoms with Crippen molar-refractivity contribution in [3.8, 4) is 0 Å². The van der Waals surface area contributed by atoms with Gasteiger partial charge in [-0.1, -0.05) is 12.2 Å². The second-order valence-electron chi connectivity index (χ2n) is 4.64. The van der Waals surface area contributed by atoms with Crippen molar-refractivity contribution in [2.45, 2.75) is 39.3 Å². The van der Waals surface area contributed by atoms with Gasteiger partial charge in [0.25, 0.3) is 0 Å². The number of piperazine rings is 1. The SMILES string of the molecule is CC1C(=S)NCCN1C(=O)OC(C)(C)C. The molecule has 5 heteroatoms. The lowest BCUT2D eigenvalue weighted by molar-refractivity contribution is 0.0213. The van der Waals surface area contributed by atoms with Gasteiger partial charge in [0.1, 0.15) is 5.60 Å². The number of nitrogens with zero attached hydrogens (tertiary/aromatic N) is 1. The molecular weight excluding hydrogens is 212 g/mol. The molecular formula is C10H18N2O2S. The molecule has 1 atom stereocenters. The summed E-state index contributed by atoms with van der Waals surface area (Å²) in [5, 5.41) is 3.06. The molecule has 4 nitrogen and oxygen atoms in total. The topological polar surface area (TPSA) is 41.6 Å². The zero-order valence-corrected chi connectivity index (χ0v) is 10.5.